The zero-order chi connectivity index (χ0) is 13.7. The summed E-state index contributed by atoms with van der Waals surface area (Å²) in [6.45, 7) is 11.8. The van der Waals surface area contributed by atoms with E-state index < -0.39 is 0 Å². The van der Waals surface area contributed by atoms with Gasteiger partial charge < -0.3 is 4.90 Å². The van der Waals surface area contributed by atoms with Gasteiger partial charge in [0.25, 0.3) is 5.91 Å². The molecule has 0 radical (unpaired) electrons. The molecule has 1 aromatic rings. The van der Waals surface area contributed by atoms with Gasteiger partial charge in [-0.15, -0.1) is 0 Å². The van der Waals surface area contributed by atoms with Gasteiger partial charge in [-0.3, -0.25) is 9.89 Å². The SMILES string of the molecule is CCC(CC)CN(CC)C(=O)c1c(C)n[nH]c1C. The van der Waals surface area contributed by atoms with E-state index in [-0.39, 0.29) is 5.91 Å². The second kappa shape index (κ2) is 6.57. The molecule has 0 saturated heterocycles. The van der Waals surface area contributed by atoms with E-state index in [1.54, 1.807) is 0 Å². The van der Waals surface area contributed by atoms with Gasteiger partial charge in [0.05, 0.1) is 11.3 Å². The minimum Gasteiger partial charge on any atom is -0.339 e. The van der Waals surface area contributed by atoms with Crippen LogP contribution in [0.25, 0.3) is 0 Å². The van der Waals surface area contributed by atoms with Crippen LogP contribution in [0.15, 0.2) is 0 Å². The van der Waals surface area contributed by atoms with E-state index in [1.807, 2.05) is 25.7 Å². The number of aromatic nitrogens is 2. The first-order chi connectivity index (χ1) is 8.54. The quantitative estimate of drug-likeness (QED) is 0.845. The number of aryl methyl sites for hydroxylation is 2. The Morgan fingerprint density at radius 3 is 2.28 bits per heavy atom. The van der Waals surface area contributed by atoms with Gasteiger partial charge in [0.15, 0.2) is 0 Å². The number of H-pyrrole nitrogens is 1. The average molecular weight is 251 g/mol. The predicted molar refractivity (Wildman–Crippen MR) is 73.7 cm³/mol. The van der Waals surface area contributed by atoms with Gasteiger partial charge in [0.2, 0.25) is 0 Å². The van der Waals surface area contributed by atoms with Crippen LogP contribution >= 0.6 is 0 Å². The second-order valence-electron chi connectivity index (χ2n) is 4.84. The number of nitrogens with zero attached hydrogens (tertiary/aromatic N) is 2. The number of amides is 1. The normalized spacial score (nSPS) is 11.0. The number of carbonyl (C=O) groups is 1. The molecule has 0 bridgehead atoms. The molecular formula is C14H25N3O. The summed E-state index contributed by atoms with van der Waals surface area (Å²) < 4.78 is 0. The van der Waals surface area contributed by atoms with E-state index in [2.05, 4.69) is 24.0 Å². The van der Waals surface area contributed by atoms with E-state index in [1.165, 1.54) is 0 Å². The molecule has 0 aromatic carbocycles. The van der Waals surface area contributed by atoms with Gasteiger partial charge in [-0.1, -0.05) is 26.7 Å². The smallest absolute Gasteiger partial charge is 0.257 e. The van der Waals surface area contributed by atoms with Crippen molar-refractivity contribution in [1.82, 2.24) is 15.1 Å². The lowest BCUT2D eigenvalue weighted by atomic mass is 10.0. The van der Waals surface area contributed by atoms with Crippen molar-refractivity contribution >= 4 is 5.91 Å². The van der Waals surface area contributed by atoms with Crippen LogP contribution in [-0.4, -0.2) is 34.1 Å². The van der Waals surface area contributed by atoms with Crippen molar-refractivity contribution in [3.8, 4) is 0 Å². The number of hydrogen-bond donors (Lipinski definition) is 1. The lowest BCUT2D eigenvalue weighted by Crippen LogP contribution is -2.35. The van der Waals surface area contributed by atoms with E-state index in [0.29, 0.717) is 5.92 Å². The van der Waals surface area contributed by atoms with Crippen LogP contribution in [0, 0.1) is 19.8 Å². The monoisotopic (exact) mass is 251 g/mol. The summed E-state index contributed by atoms with van der Waals surface area (Å²) in [7, 11) is 0. The Morgan fingerprint density at radius 1 is 1.28 bits per heavy atom. The zero-order valence-corrected chi connectivity index (χ0v) is 12.2. The van der Waals surface area contributed by atoms with Crippen molar-refractivity contribution in [2.75, 3.05) is 13.1 Å². The molecule has 1 N–H and O–H groups in total. The summed E-state index contributed by atoms with van der Waals surface area (Å²) in [5.41, 5.74) is 2.39. The molecule has 1 amide bonds. The highest BCUT2D eigenvalue weighted by Gasteiger charge is 2.22. The molecule has 0 aliphatic carbocycles. The van der Waals surface area contributed by atoms with Gasteiger partial charge in [0, 0.05) is 18.8 Å². The molecule has 4 nitrogen and oxygen atoms in total. The predicted octanol–water partition coefficient (Wildman–Crippen LogP) is 2.92. The molecule has 4 heteroatoms. The molecule has 0 spiro atoms. The number of nitrogens with one attached hydrogen (secondary N) is 1. The first-order valence-corrected chi connectivity index (χ1v) is 6.85. The molecule has 0 fully saturated rings. The Bertz CT molecular complexity index is 374. The fourth-order valence-electron chi connectivity index (χ4n) is 2.24. The summed E-state index contributed by atoms with van der Waals surface area (Å²) >= 11 is 0. The van der Waals surface area contributed by atoms with Crippen molar-refractivity contribution in [3.63, 3.8) is 0 Å². The number of rotatable bonds is 6. The third-order valence-corrected chi connectivity index (χ3v) is 3.64. The lowest BCUT2D eigenvalue weighted by Gasteiger charge is -2.25. The van der Waals surface area contributed by atoms with Crippen molar-refractivity contribution in [3.05, 3.63) is 17.0 Å². The second-order valence-corrected chi connectivity index (χ2v) is 4.84. The van der Waals surface area contributed by atoms with E-state index in [4.69, 9.17) is 0 Å². The Labute approximate surface area is 110 Å². The van der Waals surface area contributed by atoms with Gasteiger partial charge in [-0.05, 0) is 26.7 Å². The van der Waals surface area contributed by atoms with Crippen LogP contribution in [0.1, 0.15) is 55.4 Å². The standard InChI is InChI=1S/C14H25N3O/c1-6-12(7-2)9-17(8-3)14(18)13-10(4)15-16-11(13)5/h12H,6-9H2,1-5H3,(H,15,16). The van der Waals surface area contributed by atoms with Crippen molar-refractivity contribution in [1.29, 1.82) is 0 Å². The minimum atomic E-state index is 0.105. The van der Waals surface area contributed by atoms with Crippen LogP contribution in [-0.2, 0) is 0 Å². The van der Waals surface area contributed by atoms with E-state index >= 15 is 0 Å². The summed E-state index contributed by atoms with van der Waals surface area (Å²) in [6.07, 6.45) is 2.23. The first kappa shape index (κ1) is 14.7. The van der Waals surface area contributed by atoms with Gasteiger partial charge in [0.1, 0.15) is 0 Å². The van der Waals surface area contributed by atoms with Crippen molar-refractivity contribution in [2.45, 2.75) is 47.5 Å². The molecule has 0 unspecified atom stereocenters. The summed E-state index contributed by atoms with van der Waals surface area (Å²) in [5.74, 6) is 0.689. The third kappa shape index (κ3) is 3.12. The molecule has 0 atom stereocenters. The summed E-state index contributed by atoms with van der Waals surface area (Å²) in [4.78, 5) is 14.4. The summed E-state index contributed by atoms with van der Waals surface area (Å²) in [5, 5.41) is 6.98. The number of aromatic amines is 1. The number of hydrogen-bond acceptors (Lipinski definition) is 2. The molecule has 102 valence electrons. The van der Waals surface area contributed by atoms with Crippen molar-refractivity contribution < 1.29 is 4.79 Å². The van der Waals surface area contributed by atoms with Crippen LogP contribution in [0.5, 0.6) is 0 Å². The highest BCUT2D eigenvalue weighted by Crippen LogP contribution is 2.16. The molecular weight excluding hydrogens is 226 g/mol. The summed E-state index contributed by atoms with van der Waals surface area (Å²) in [6, 6.07) is 0. The minimum absolute atomic E-state index is 0.105. The Hall–Kier alpha value is -1.32. The fraction of sp³-hybridized carbons (Fsp3) is 0.714. The van der Waals surface area contributed by atoms with Gasteiger partial charge in [-0.2, -0.15) is 5.10 Å². The molecule has 0 saturated carbocycles. The van der Waals surface area contributed by atoms with E-state index in [9.17, 15) is 4.79 Å². The molecule has 1 aromatic heterocycles. The largest absolute Gasteiger partial charge is 0.339 e. The third-order valence-electron chi connectivity index (χ3n) is 3.64. The topological polar surface area (TPSA) is 49.0 Å². The van der Waals surface area contributed by atoms with Crippen molar-refractivity contribution in [2.24, 2.45) is 5.92 Å². The number of carbonyl (C=O) groups excluding carboxylic acids is 1. The Balaban J connectivity index is 2.86. The average Bonchev–Trinajstić information content (AvgIpc) is 2.70. The Kier molecular flexibility index (Phi) is 5.38. The molecule has 1 rings (SSSR count). The van der Waals surface area contributed by atoms with E-state index in [0.717, 1.165) is 42.9 Å². The highest BCUT2D eigenvalue weighted by molar-refractivity contribution is 5.96. The molecule has 18 heavy (non-hydrogen) atoms. The lowest BCUT2D eigenvalue weighted by molar-refractivity contribution is 0.0733. The van der Waals surface area contributed by atoms with Crippen LogP contribution in [0.4, 0.5) is 0 Å². The first-order valence-electron chi connectivity index (χ1n) is 6.85. The fourth-order valence-corrected chi connectivity index (χ4v) is 2.24. The van der Waals surface area contributed by atoms with Crippen LogP contribution < -0.4 is 0 Å². The van der Waals surface area contributed by atoms with Crippen LogP contribution in [0.3, 0.4) is 0 Å². The van der Waals surface area contributed by atoms with Gasteiger partial charge >= 0.3 is 0 Å². The maximum Gasteiger partial charge on any atom is 0.257 e. The van der Waals surface area contributed by atoms with Gasteiger partial charge in [-0.25, -0.2) is 0 Å². The Morgan fingerprint density at radius 2 is 1.89 bits per heavy atom. The molecule has 1 heterocycles. The molecule has 0 aliphatic rings. The molecule has 0 aliphatic heterocycles. The highest BCUT2D eigenvalue weighted by atomic mass is 16.2. The maximum atomic E-state index is 12.5. The van der Waals surface area contributed by atoms with Crippen LogP contribution in [0.2, 0.25) is 0 Å². The zero-order valence-electron chi connectivity index (χ0n) is 12.2. The maximum absolute atomic E-state index is 12.5.